The van der Waals surface area contributed by atoms with Crippen molar-refractivity contribution in [2.75, 3.05) is 40.9 Å². The van der Waals surface area contributed by atoms with E-state index in [2.05, 4.69) is 12.2 Å². The van der Waals surface area contributed by atoms with Gasteiger partial charge in [-0.2, -0.15) is 0 Å². The van der Waals surface area contributed by atoms with Crippen molar-refractivity contribution in [2.45, 2.75) is 167 Å². The number of nitrogens with zero attached hydrogens (tertiary/aromatic N) is 1. The number of aliphatic hydroxyl groups excluding tert-OH is 1. The molecule has 0 saturated heterocycles. The van der Waals surface area contributed by atoms with Crippen LogP contribution in [0.25, 0.3) is 0 Å². The lowest BCUT2D eigenvalue weighted by molar-refractivity contribution is -0.870. The fourth-order valence-corrected chi connectivity index (χ4v) is 5.70. The van der Waals surface area contributed by atoms with E-state index in [-0.39, 0.29) is 19.1 Å². The van der Waals surface area contributed by atoms with Gasteiger partial charge in [0.15, 0.2) is 0 Å². The van der Waals surface area contributed by atoms with Gasteiger partial charge in [0.1, 0.15) is 13.2 Å². The first-order chi connectivity index (χ1) is 20.0. The molecule has 252 valence electrons. The van der Waals surface area contributed by atoms with Gasteiger partial charge in [-0.25, -0.2) is 4.57 Å². The van der Waals surface area contributed by atoms with Crippen LogP contribution in [0.4, 0.5) is 0 Å². The molecule has 0 fully saturated rings. The van der Waals surface area contributed by atoms with Gasteiger partial charge in [-0.1, -0.05) is 136 Å². The maximum absolute atomic E-state index is 12.3. The van der Waals surface area contributed by atoms with Gasteiger partial charge in [0.05, 0.1) is 39.9 Å². The number of unbranched alkanes of at least 4 members (excludes halogenated alkanes) is 18. The van der Waals surface area contributed by atoms with E-state index in [0.717, 1.165) is 32.1 Å². The van der Waals surface area contributed by atoms with Crippen LogP contribution in [0.5, 0.6) is 0 Å². The van der Waals surface area contributed by atoms with Gasteiger partial charge in [0.25, 0.3) is 0 Å². The van der Waals surface area contributed by atoms with Gasteiger partial charge in [0, 0.05) is 6.42 Å². The Balaban J connectivity index is 4.07. The molecule has 0 aliphatic rings. The Morgan fingerprint density at radius 2 is 1.14 bits per heavy atom. The first-order valence-corrected chi connectivity index (χ1v) is 18.9. The van der Waals surface area contributed by atoms with E-state index in [0.29, 0.717) is 23.9 Å². The Hall–Kier alpha value is -0.500. The van der Waals surface area contributed by atoms with Crippen molar-refractivity contribution in [3.63, 3.8) is 0 Å². The minimum absolute atomic E-state index is 0.0761. The number of carbonyl (C=O) groups excluding carboxylic acids is 1. The van der Waals surface area contributed by atoms with Crippen LogP contribution < -0.4 is 5.32 Å². The molecule has 0 aromatic heterocycles. The van der Waals surface area contributed by atoms with Crippen molar-refractivity contribution >= 4 is 13.7 Å². The highest BCUT2D eigenvalue weighted by molar-refractivity contribution is 7.47. The van der Waals surface area contributed by atoms with Crippen molar-refractivity contribution in [1.82, 2.24) is 5.32 Å². The lowest BCUT2D eigenvalue weighted by Crippen LogP contribution is -2.46. The lowest BCUT2D eigenvalue weighted by Gasteiger charge is -2.26. The minimum atomic E-state index is -4.28. The van der Waals surface area contributed by atoms with Crippen LogP contribution in [0.2, 0.25) is 0 Å². The lowest BCUT2D eigenvalue weighted by atomic mass is 10.0. The largest absolute Gasteiger partial charge is 0.472 e. The molecule has 8 nitrogen and oxygen atoms in total. The van der Waals surface area contributed by atoms with Crippen molar-refractivity contribution < 1.29 is 32.9 Å². The summed E-state index contributed by atoms with van der Waals surface area (Å²) in [5.41, 5.74) is 0. The number of rotatable bonds is 31. The predicted molar refractivity (Wildman–Crippen MR) is 175 cm³/mol. The number of likely N-dealkylation sites (N-methyl/N-ethyl adjacent to an activating group) is 1. The molecule has 0 aliphatic carbocycles. The zero-order valence-electron chi connectivity index (χ0n) is 28.3. The molecule has 0 bridgehead atoms. The van der Waals surface area contributed by atoms with Gasteiger partial charge in [0.2, 0.25) is 5.91 Å². The molecule has 3 N–H and O–H groups in total. The predicted octanol–water partition coefficient (Wildman–Crippen LogP) is 8.29. The van der Waals surface area contributed by atoms with E-state index in [1.54, 1.807) is 0 Å². The quantitative estimate of drug-likeness (QED) is 0.0409. The van der Waals surface area contributed by atoms with Gasteiger partial charge in [-0.15, -0.1) is 0 Å². The third kappa shape index (κ3) is 28.3. The van der Waals surface area contributed by atoms with Crippen molar-refractivity contribution in [3.05, 3.63) is 0 Å². The van der Waals surface area contributed by atoms with Crippen LogP contribution in [0.3, 0.4) is 0 Å². The molecular weight excluding hydrogens is 551 g/mol. The van der Waals surface area contributed by atoms with E-state index in [1.165, 1.54) is 96.3 Å². The van der Waals surface area contributed by atoms with E-state index in [1.807, 2.05) is 28.1 Å². The van der Waals surface area contributed by atoms with E-state index in [4.69, 9.17) is 9.05 Å². The summed E-state index contributed by atoms with van der Waals surface area (Å²) in [6.07, 6.45) is 25.1. The Morgan fingerprint density at radius 3 is 1.57 bits per heavy atom. The normalized spacial score (nSPS) is 14.9. The summed E-state index contributed by atoms with van der Waals surface area (Å²) in [7, 11) is 1.61. The van der Waals surface area contributed by atoms with E-state index >= 15 is 0 Å². The third-order valence-corrected chi connectivity index (χ3v) is 8.84. The molecule has 42 heavy (non-hydrogen) atoms. The highest BCUT2D eigenvalue weighted by atomic mass is 31.2. The summed E-state index contributed by atoms with van der Waals surface area (Å²) < 4.78 is 23.2. The standard InChI is InChI=1S/C33H69N2O6P/c1-6-8-10-11-12-13-14-15-16-17-18-19-20-21-22-23-24-25-26-32(36)31(34-33(37)27-9-7-2)30-41-42(38,39)40-29-28-35(3,4)5/h31-32,36H,6-30H2,1-5H3,(H-,34,37,38,39)/p+1. The number of aliphatic hydroxyl groups is 1. The summed E-state index contributed by atoms with van der Waals surface area (Å²) in [6.45, 7) is 4.64. The average Bonchev–Trinajstić information content (AvgIpc) is 2.92. The fraction of sp³-hybridized carbons (Fsp3) is 0.970. The van der Waals surface area contributed by atoms with Gasteiger partial charge >= 0.3 is 7.82 Å². The number of phosphoric acid groups is 1. The number of carbonyl (C=O) groups is 1. The summed E-state index contributed by atoms with van der Waals surface area (Å²) in [4.78, 5) is 22.4. The smallest absolute Gasteiger partial charge is 0.391 e. The average molecular weight is 622 g/mol. The number of nitrogens with one attached hydrogen (secondary N) is 1. The van der Waals surface area contributed by atoms with E-state index < -0.39 is 20.0 Å². The molecule has 3 unspecified atom stereocenters. The molecule has 1 amide bonds. The first-order valence-electron chi connectivity index (χ1n) is 17.4. The molecule has 0 aromatic carbocycles. The molecule has 3 atom stereocenters. The second kappa shape index (κ2) is 26.9. The van der Waals surface area contributed by atoms with Crippen molar-refractivity contribution in [2.24, 2.45) is 0 Å². The zero-order valence-corrected chi connectivity index (χ0v) is 29.1. The maximum atomic E-state index is 12.3. The molecule has 0 saturated carbocycles. The maximum Gasteiger partial charge on any atom is 0.472 e. The van der Waals surface area contributed by atoms with Crippen LogP contribution in [-0.4, -0.2) is 73.4 Å². The molecule has 0 heterocycles. The van der Waals surface area contributed by atoms with Crippen molar-refractivity contribution in [3.8, 4) is 0 Å². The topological polar surface area (TPSA) is 105 Å². The number of hydrogen-bond acceptors (Lipinski definition) is 5. The Labute approximate surface area is 259 Å². The SMILES string of the molecule is CCCCCCCCCCCCCCCCCCCCC(O)C(COP(=O)(O)OCC[N+](C)(C)C)NC(=O)CCCC. The van der Waals surface area contributed by atoms with Crippen LogP contribution in [0, 0.1) is 0 Å². The fourth-order valence-electron chi connectivity index (χ4n) is 4.96. The second-order valence-corrected chi connectivity index (χ2v) is 14.7. The monoisotopic (exact) mass is 621 g/mol. The number of phosphoric ester groups is 1. The van der Waals surface area contributed by atoms with Gasteiger partial charge < -0.3 is 19.8 Å². The Bertz CT molecular complexity index is 673. The Kier molecular flexibility index (Phi) is 26.5. The molecular formula is C33H70N2O6P+. The highest BCUT2D eigenvalue weighted by Gasteiger charge is 2.28. The summed E-state index contributed by atoms with van der Waals surface area (Å²) in [6, 6.07) is -0.748. The van der Waals surface area contributed by atoms with E-state index in [9.17, 15) is 19.4 Å². The molecule has 0 radical (unpaired) electrons. The molecule has 0 spiro atoms. The molecule has 9 heteroatoms. The van der Waals surface area contributed by atoms with Crippen LogP contribution in [-0.2, 0) is 18.4 Å². The summed E-state index contributed by atoms with van der Waals surface area (Å²) in [5.74, 6) is -0.180. The molecule has 0 aromatic rings. The number of hydrogen-bond donors (Lipinski definition) is 3. The van der Waals surface area contributed by atoms with Gasteiger partial charge in [-0.3, -0.25) is 13.8 Å². The minimum Gasteiger partial charge on any atom is -0.391 e. The molecule has 0 aliphatic heterocycles. The highest BCUT2D eigenvalue weighted by Crippen LogP contribution is 2.43. The first kappa shape index (κ1) is 41.5. The van der Waals surface area contributed by atoms with Crippen LogP contribution in [0.15, 0.2) is 0 Å². The summed E-state index contributed by atoms with van der Waals surface area (Å²) in [5, 5.41) is 13.6. The third-order valence-electron chi connectivity index (χ3n) is 7.86. The second-order valence-electron chi connectivity index (χ2n) is 13.3. The van der Waals surface area contributed by atoms with Crippen molar-refractivity contribution in [1.29, 1.82) is 0 Å². The summed E-state index contributed by atoms with van der Waals surface area (Å²) >= 11 is 0. The van der Waals surface area contributed by atoms with Gasteiger partial charge in [-0.05, 0) is 12.8 Å². The van der Waals surface area contributed by atoms with Crippen LogP contribution in [0.1, 0.15) is 155 Å². The number of quaternary nitrogens is 1. The molecule has 0 rings (SSSR count). The number of amides is 1. The Morgan fingerprint density at radius 1 is 0.714 bits per heavy atom. The zero-order chi connectivity index (χ0) is 31.5. The van der Waals surface area contributed by atoms with Crippen LogP contribution >= 0.6 is 7.82 Å².